The fourth-order valence-corrected chi connectivity index (χ4v) is 10.4. The van der Waals surface area contributed by atoms with Gasteiger partial charge in [0.15, 0.2) is 0 Å². The van der Waals surface area contributed by atoms with Crippen LogP contribution in [0.1, 0.15) is 41.0 Å². The molecule has 0 heterocycles. The third-order valence-electron chi connectivity index (χ3n) is 5.30. The Bertz CT molecular complexity index is 746. The van der Waals surface area contributed by atoms with Gasteiger partial charge in [-0.05, 0) is 62.1 Å². The zero-order chi connectivity index (χ0) is 19.5. The molecule has 0 bridgehead atoms. The Morgan fingerprint density at radius 3 is 1.07 bits per heavy atom. The van der Waals surface area contributed by atoms with E-state index < -0.39 is 7.26 Å². The minimum Gasteiger partial charge on any atom is -0.0620 e. The molecule has 3 aromatic carbocycles. The van der Waals surface area contributed by atoms with Gasteiger partial charge in [-0.15, -0.1) is 0 Å². The Morgan fingerprint density at radius 2 is 0.815 bits per heavy atom. The van der Waals surface area contributed by atoms with Gasteiger partial charge in [-0.3, -0.25) is 0 Å². The summed E-state index contributed by atoms with van der Waals surface area (Å²) in [5.41, 5.74) is 0.257. The Morgan fingerprint density at radius 1 is 0.519 bits per heavy atom. The topological polar surface area (TPSA) is 0 Å². The van der Waals surface area contributed by atoms with E-state index in [0.29, 0.717) is 0 Å². The van der Waals surface area contributed by atoms with Crippen LogP contribution in [0.15, 0.2) is 91.0 Å². The van der Waals surface area contributed by atoms with Gasteiger partial charge in [-0.1, -0.05) is 75.4 Å². The van der Waals surface area contributed by atoms with Crippen molar-refractivity contribution >= 4 is 23.2 Å². The summed E-state index contributed by atoms with van der Waals surface area (Å²) in [6.07, 6.45) is 1.16. The summed E-state index contributed by atoms with van der Waals surface area (Å²) in [7, 11) is -1.85. The molecule has 0 amide bonds. The predicted octanol–water partition coefficient (Wildman–Crippen LogP) is 6.20. The SMILES string of the molecule is CC(C)(C)CC(C)(C)[P+](c1ccccc1)(c1ccccc1)c1ccccc1. The fraction of sp³-hybridized carbons (Fsp3) is 0.308. The van der Waals surface area contributed by atoms with Crippen molar-refractivity contribution < 1.29 is 0 Å². The maximum Gasteiger partial charge on any atom is 0.117 e. The largest absolute Gasteiger partial charge is 0.117 e. The second kappa shape index (κ2) is 7.61. The summed E-state index contributed by atoms with van der Waals surface area (Å²) >= 11 is 0. The molecule has 0 aliphatic heterocycles. The third-order valence-corrected chi connectivity index (χ3v) is 10.5. The van der Waals surface area contributed by atoms with Crippen LogP contribution in [0.4, 0.5) is 0 Å². The lowest BCUT2D eigenvalue weighted by Gasteiger charge is -2.43. The van der Waals surface area contributed by atoms with E-state index in [2.05, 4.69) is 126 Å². The Hall–Kier alpha value is -1.91. The van der Waals surface area contributed by atoms with Gasteiger partial charge in [0.1, 0.15) is 23.2 Å². The predicted molar refractivity (Wildman–Crippen MR) is 123 cm³/mol. The van der Waals surface area contributed by atoms with Crippen LogP contribution in [0.2, 0.25) is 0 Å². The molecule has 3 aromatic rings. The van der Waals surface area contributed by atoms with Crippen LogP contribution in [-0.4, -0.2) is 5.16 Å². The maximum absolute atomic E-state index is 2.49. The first kappa shape index (κ1) is 19.8. The van der Waals surface area contributed by atoms with E-state index in [4.69, 9.17) is 0 Å². The van der Waals surface area contributed by atoms with Crippen molar-refractivity contribution in [1.29, 1.82) is 0 Å². The number of benzene rings is 3. The summed E-state index contributed by atoms with van der Waals surface area (Å²) in [4.78, 5) is 0. The van der Waals surface area contributed by atoms with Crippen molar-refractivity contribution in [2.24, 2.45) is 5.41 Å². The number of hydrogen-bond acceptors (Lipinski definition) is 0. The summed E-state index contributed by atoms with van der Waals surface area (Å²) in [6, 6.07) is 33.6. The molecule has 0 aliphatic rings. The average molecular weight is 376 g/mol. The first-order valence-corrected chi connectivity index (χ1v) is 11.6. The van der Waals surface area contributed by atoms with Crippen molar-refractivity contribution in [1.82, 2.24) is 0 Å². The maximum atomic E-state index is 2.49. The second-order valence-electron chi connectivity index (χ2n) is 9.23. The standard InChI is InChI=1S/C26H32P/c1-25(2,3)21-26(4,5)27(22-15-9-6-10-16-22,23-17-11-7-12-18-23)24-19-13-8-14-20-24/h6-20H,21H2,1-5H3/q+1. The third kappa shape index (κ3) is 3.87. The zero-order valence-electron chi connectivity index (χ0n) is 17.3. The molecular formula is C26H32P+. The Balaban J connectivity index is 2.40. The van der Waals surface area contributed by atoms with Crippen molar-refractivity contribution in [2.75, 3.05) is 0 Å². The minimum atomic E-state index is -1.85. The van der Waals surface area contributed by atoms with E-state index >= 15 is 0 Å². The molecule has 0 N–H and O–H groups in total. The first-order valence-electron chi connectivity index (χ1n) is 9.83. The lowest BCUT2D eigenvalue weighted by Crippen LogP contribution is -2.46. The van der Waals surface area contributed by atoms with Gasteiger partial charge in [0, 0.05) is 0 Å². The van der Waals surface area contributed by atoms with E-state index in [9.17, 15) is 0 Å². The zero-order valence-corrected chi connectivity index (χ0v) is 18.2. The molecule has 27 heavy (non-hydrogen) atoms. The highest BCUT2D eigenvalue weighted by Gasteiger charge is 2.58. The molecule has 0 nitrogen and oxygen atoms in total. The van der Waals surface area contributed by atoms with Crippen LogP contribution in [0.5, 0.6) is 0 Å². The van der Waals surface area contributed by atoms with E-state index in [0.717, 1.165) is 6.42 Å². The highest BCUT2D eigenvalue weighted by Crippen LogP contribution is 2.68. The lowest BCUT2D eigenvalue weighted by atomic mass is 9.86. The van der Waals surface area contributed by atoms with Crippen LogP contribution in [0, 0.1) is 5.41 Å². The Labute approximate surface area is 166 Å². The fourth-order valence-electron chi connectivity index (χ4n) is 4.87. The van der Waals surface area contributed by atoms with E-state index in [1.165, 1.54) is 15.9 Å². The summed E-state index contributed by atoms with van der Waals surface area (Å²) in [6.45, 7) is 12.1. The minimum absolute atomic E-state index is 0.120. The molecule has 0 aliphatic carbocycles. The Kier molecular flexibility index (Phi) is 5.59. The summed E-state index contributed by atoms with van der Waals surface area (Å²) < 4.78 is 0. The molecule has 3 rings (SSSR count). The monoisotopic (exact) mass is 375 g/mol. The van der Waals surface area contributed by atoms with Crippen LogP contribution >= 0.6 is 7.26 Å². The first-order chi connectivity index (χ1) is 12.8. The number of hydrogen-bond donors (Lipinski definition) is 0. The van der Waals surface area contributed by atoms with Crippen LogP contribution in [0.3, 0.4) is 0 Å². The highest BCUT2D eigenvalue weighted by molar-refractivity contribution is 7.96. The lowest BCUT2D eigenvalue weighted by molar-refractivity contribution is 0.336. The van der Waals surface area contributed by atoms with Gasteiger partial charge >= 0.3 is 0 Å². The molecule has 0 saturated heterocycles. The van der Waals surface area contributed by atoms with Crippen molar-refractivity contribution in [3.8, 4) is 0 Å². The van der Waals surface area contributed by atoms with Gasteiger partial charge in [0.05, 0.1) is 5.16 Å². The summed E-state index contributed by atoms with van der Waals surface area (Å²) in [5, 5.41) is 4.53. The molecule has 0 aromatic heterocycles. The second-order valence-corrected chi connectivity index (χ2v) is 13.3. The normalized spacial score (nSPS) is 12.8. The highest BCUT2D eigenvalue weighted by atomic mass is 31.2. The molecular weight excluding hydrogens is 343 g/mol. The van der Waals surface area contributed by atoms with Crippen LogP contribution in [-0.2, 0) is 0 Å². The van der Waals surface area contributed by atoms with E-state index in [1.54, 1.807) is 0 Å². The molecule has 0 saturated carbocycles. The average Bonchev–Trinajstić information content (AvgIpc) is 2.63. The molecule has 1 heteroatoms. The summed E-state index contributed by atoms with van der Waals surface area (Å²) in [5.74, 6) is 0. The van der Waals surface area contributed by atoms with Gasteiger partial charge in [-0.2, -0.15) is 0 Å². The molecule has 0 spiro atoms. The number of rotatable bonds is 5. The van der Waals surface area contributed by atoms with Crippen LogP contribution in [0.25, 0.3) is 0 Å². The smallest absolute Gasteiger partial charge is 0.0620 e. The van der Waals surface area contributed by atoms with Crippen molar-refractivity contribution in [2.45, 2.75) is 46.2 Å². The molecule has 140 valence electrons. The van der Waals surface area contributed by atoms with E-state index in [1.807, 2.05) is 0 Å². The van der Waals surface area contributed by atoms with Crippen LogP contribution < -0.4 is 15.9 Å². The van der Waals surface area contributed by atoms with Gasteiger partial charge in [-0.25, -0.2) is 0 Å². The van der Waals surface area contributed by atoms with Gasteiger partial charge in [0.25, 0.3) is 0 Å². The van der Waals surface area contributed by atoms with Gasteiger partial charge in [0.2, 0.25) is 0 Å². The van der Waals surface area contributed by atoms with Gasteiger partial charge < -0.3 is 0 Å². The van der Waals surface area contributed by atoms with Crippen molar-refractivity contribution in [3.63, 3.8) is 0 Å². The van der Waals surface area contributed by atoms with Crippen molar-refractivity contribution in [3.05, 3.63) is 91.0 Å². The molecule has 0 unspecified atom stereocenters. The molecule has 0 atom stereocenters. The quantitative estimate of drug-likeness (QED) is 0.466. The van der Waals surface area contributed by atoms with E-state index in [-0.39, 0.29) is 10.6 Å². The molecule has 0 radical (unpaired) electrons. The molecule has 0 fully saturated rings.